The molecular formula is C21H24N4O2S. The number of benzene rings is 2. The van der Waals surface area contributed by atoms with Crippen LogP contribution in [0.2, 0.25) is 0 Å². The quantitative estimate of drug-likeness (QED) is 0.562. The average Bonchev–Trinajstić information content (AvgIpc) is 3.08. The Hall–Kier alpha value is -2.80. The van der Waals surface area contributed by atoms with Crippen LogP contribution >= 0.6 is 11.8 Å². The molecule has 1 amide bonds. The third-order valence-electron chi connectivity index (χ3n) is 4.17. The van der Waals surface area contributed by atoms with Crippen LogP contribution in [0.4, 0.5) is 0 Å². The molecule has 0 aliphatic rings. The molecule has 0 spiro atoms. The van der Waals surface area contributed by atoms with Gasteiger partial charge in [-0.2, -0.15) is 0 Å². The van der Waals surface area contributed by atoms with E-state index in [0.29, 0.717) is 24.1 Å². The second-order valence-corrected chi connectivity index (χ2v) is 7.14. The summed E-state index contributed by atoms with van der Waals surface area (Å²) in [6.45, 7) is 3.22. The number of amides is 1. The Morgan fingerprint density at radius 2 is 1.86 bits per heavy atom. The number of nitrogens with one attached hydrogen (secondary N) is 1. The predicted molar refractivity (Wildman–Crippen MR) is 111 cm³/mol. The van der Waals surface area contributed by atoms with E-state index in [1.54, 1.807) is 0 Å². The van der Waals surface area contributed by atoms with Crippen LogP contribution in [0.5, 0.6) is 5.75 Å². The molecular weight excluding hydrogens is 372 g/mol. The second kappa shape index (κ2) is 9.94. The molecule has 1 aromatic heterocycles. The van der Waals surface area contributed by atoms with Gasteiger partial charge in [-0.25, -0.2) is 0 Å². The molecule has 0 aliphatic heterocycles. The third kappa shape index (κ3) is 5.36. The lowest BCUT2D eigenvalue weighted by atomic mass is 10.1. The van der Waals surface area contributed by atoms with Gasteiger partial charge in [0.05, 0.1) is 12.4 Å². The monoisotopic (exact) mass is 396 g/mol. The first kappa shape index (κ1) is 19.9. The topological polar surface area (TPSA) is 69.0 Å². The lowest BCUT2D eigenvalue weighted by Gasteiger charge is -2.07. The summed E-state index contributed by atoms with van der Waals surface area (Å²) in [5.74, 6) is 1.89. The van der Waals surface area contributed by atoms with Crippen molar-refractivity contribution in [2.24, 2.45) is 7.05 Å². The second-order valence-electron chi connectivity index (χ2n) is 6.20. The molecule has 0 bridgehead atoms. The maximum Gasteiger partial charge on any atom is 0.230 e. The van der Waals surface area contributed by atoms with E-state index in [-0.39, 0.29) is 5.91 Å². The molecule has 3 aromatic rings. The molecule has 0 atom stereocenters. The highest BCUT2D eigenvalue weighted by Crippen LogP contribution is 2.24. The summed E-state index contributed by atoms with van der Waals surface area (Å²) in [6.07, 6.45) is 0.823. The van der Waals surface area contributed by atoms with E-state index in [4.69, 9.17) is 4.74 Å². The van der Waals surface area contributed by atoms with E-state index in [2.05, 4.69) is 27.6 Å². The van der Waals surface area contributed by atoms with Crippen molar-refractivity contribution in [1.82, 2.24) is 20.1 Å². The zero-order valence-electron chi connectivity index (χ0n) is 16.1. The Balaban J connectivity index is 1.50. The SMILES string of the molecule is CCOc1ccc(-c2nnc(SCC(=O)NCCc3ccccc3)n2C)cc1. The zero-order chi connectivity index (χ0) is 19.8. The van der Waals surface area contributed by atoms with Crippen LogP contribution in [0.1, 0.15) is 12.5 Å². The summed E-state index contributed by atoms with van der Waals surface area (Å²) in [5.41, 5.74) is 2.17. The molecule has 0 fully saturated rings. The maximum atomic E-state index is 12.1. The molecule has 1 N–H and O–H groups in total. The van der Waals surface area contributed by atoms with Gasteiger partial charge >= 0.3 is 0 Å². The van der Waals surface area contributed by atoms with Crippen LogP contribution in [0.15, 0.2) is 59.8 Å². The molecule has 0 saturated heterocycles. The van der Waals surface area contributed by atoms with Crippen LogP contribution < -0.4 is 10.1 Å². The number of aromatic nitrogens is 3. The number of carbonyl (C=O) groups excluding carboxylic acids is 1. The fraction of sp³-hybridized carbons (Fsp3) is 0.286. The van der Waals surface area contributed by atoms with Crippen LogP contribution in [0, 0.1) is 0 Å². The van der Waals surface area contributed by atoms with E-state index in [1.165, 1.54) is 17.3 Å². The van der Waals surface area contributed by atoms with E-state index in [9.17, 15) is 4.79 Å². The summed E-state index contributed by atoms with van der Waals surface area (Å²) in [4.78, 5) is 12.1. The highest BCUT2D eigenvalue weighted by molar-refractivity contribution is 7.99. The molecule has 2 aromatic carbocycles. The molecule has 0 saturated carbocycles. The molecule has 1 heterocycles. The predicted octanol–water partition coefficient (Wildman–Crippen LogP) is 3.33. The van der Waals surface area contributed by atoms with Crippen molar-refractivity contribution in [3.05, 3.63) is 60.2 Å². The van der Waals surface area contributed by atoms with Gasteiger partial charge in [0.25, 0.3) is 0 Å². The largest absolute Gasteiger partial charge is 0.494 e. The summed E-state index contributed by atoms with van der Waals surface area (Å²) < 4.78 is 7.37. The van der Waals surface area contributed by atoms with Crippen molar-refractivity contribution in [2.45, 2.75) is 18.5 Å². The number of nitrogens with zero attached hydrogens (tertiary/aromatic N) is 3. The fourth-order valence-electron chi connectivity index (χ4n) is 2.73. The molecule has 0 aliphatic carbocycles. The first-order chi connectivity index (χ1) is 13.7. The first-order valence-electron chi connectivity index (χ1n) is 9.23. The number of rotatable bonds is 9. The third-order valence-corrected chi connectivity index (χ3v) is 5.19. The molecule has 28 heavy (non-hydrogen) atoms. The van der Waals surface area contributed by atoms with Gasteiger partial charge in [0.15, 0.2) is 11.0 Å². The van der Waals surface area contributed by atoms with Crippen molar-refractivity contribution in [2.75, 3.05) is 18.9 Å². The molecule has 3 rings (SSSR count). The summed E-state index contributed by atoms with van der Waals surface area (Å²) >= 11 is 1.38. The Morgan fingerprint density at radius 1 is 1.11 bits per heavy atom. The minimum Gasteiger partial charge on any atom is -0.494 e. The summed E-state index contributed by atoms with van der Waals surface area (Å²) in [7, 11) is 1.90. The molecule has 7 heteroatoms. The van der Waals surface area contributed by atoms with Crippen molar-refractivity contribution in [1.29, 1.82) is 0 Å². The first-order valence-corrected chi connectivity index (χ1v) is 10.2. The molecule has 0 unspecified atom stereocenters. The smallest absolute Gasteiger partial charge is 0.230 e. The lowest BCUT2D eigenvalue weighted by Crippen LogP contribution is -2.27. The molecule has 146 valence electrons. The van der Waals surface area contributed by atoms with Gasteiger partial charge in [-0.15, -0.1) is 10.2 Å². The van der Waals surface area contributed by atoms with Gasteiger partial charge in [-0.3, -0.25) is 4.79 Å². The Kier molecular flexibility index (Phi) is 7.08. The highest BCUT2D eigenvalue weighted by Gasteiger charge is 2.13. The zero-order valence-corrected chi connectivity index (χ0v) is 16.9. The van der Waals surface area contributed by atoms with Crippen molar-refractivity contribution in [3.8, 4) is 17.1 Å². The number of carbonyl (C=O) groups is 1. The van der Waals surface area contributed by atoms with Gasteiger partial charge < -0.3 is 14.6 Å². The van der Waals surface area contributed by atoms with Crippen LogP contribution in [-0.2, 0) is 18.3 Å². The van der Waals surface area contributed by atoms with E-state index < -0.39 is 0 Å². The fourth-order valence-corrected chi connectivity index (χ4v) is 3.47. The van der Waals surface area contributed by atoms with Crippen molar-refractivity contribution in [3.63, 3.8) is 0 Å². The lowest BCUT2D eigenvalue weighted by molar-refractivity contribution is -0.118. The minimum atomic E-state index is -0.00783. The summed E-state index contributed by atoms with van der Waals surface area (Å²) in [6, 6.07) is 17.9. The van der Waals surface area contributed by atoms with Crippen molar-refractivity contribution >= 4 is 17.7 Å². The van der Waals surface area contributed by atoms with Crippen LogP contribution in [-0.4, -0.2) is 39.6 Å². The van der Waals surface area contributed by atoms with Crippen LogP contribution in [0.3, 0.4) is 0 Å². The summed E-state index contributed by atoms with van der Waals surface area (Å²) in [5, 5.41) is 12.1. The highest BCUT2D eigenvalue weighted by atomic mass is 32.2. The Labute approximate surface area is 169 Å². The normalized spacial score (nSPS) is 10.6. The Bertz CT molecular complexity index is 895. The van der Waals surface area contributed by atoms with E-state index in [0.717, 1.165) is 23.6 Å². The van der Waals surface area contributed by atoms with Gasteiger partial charge in [0.2, 0.25) is 5.91 Å². The average molecular weight is 397 g/mol. The number of ether oxygens (including phenoxy) is 1. The standard InChI is InChI=1S/C21H24N4O2S/c1-3-27-18-11-9-17(10-12-18)20-23-24-21(25(20)2)28-15-19(26)22-14-13-16-7-5-4-6-8-16/h4-12H,3,13-15H2,1-2H3,(H,22,26). The van der Waals surface area contributed by atoms with Gasteiger partial charge in [-0.1, -0.05) is 42.1 Å². The van der Waals surface area contributed by atoms with E-state index in [1.807, 2.05) is 61.0 Å². The molecule has 6 nitrogen and oxygen atoms in total. The van der Waals surface area contributed by atoms with Crippen LogP contribution in [0.25, 0.3) is 11.4 Å². The van der Waals surface area contributed by atoms with E-state index >= 15 is 0 Å². The molecule has 0 radical (unpaired) electrons. The van der Waals surface area contributed by atoms with Gasteiger partial charge in [-0.05, 0) is 43.2 Å². The van der Waals surface area contributed by atoms with Gasteiger partial charge in [0.1, 0.15) is 5.75 Å². The number of hydrogen-bond acceptors (Lipinski definition) is 5. The number of hydrogen-bond donors (Lipinski definition) is 1. The minimum absolute atomic E-state index is 0.00783. The number of thioether (sulfide) groups is 1. The van der Waals surface area contributed by atoms with Gasteiger partial charge in [0, 0.05) is 19.2 Å². The maximum absolute atomic E-state index is 12.1. The Morgan fingerprint density at radius 3 is 2.57 bits per heavy atom. The van der Waals surface area contributed by atoms with Crippen molar-refractivity contribution < 1.29 is 9.53 Å².